The highest BCUT2D eigenvalue weighted by atomic mass is 35.5. The number of halogens is 2. The summed E-state index contributed by atoms with van der Waals surface area (Å²) in [7, 11) is 0. The molecule has 3 rings (SSSR count). The van der Waals surface area contributed by atoms with E-state index in [-0.39, 0.29) is 17.9 Å². The van der Waals surface area contributed by atoms with Crippen molar-refractivity contribution in [3.8, 4) is 0 Å². The number of carbonyl (C=O) groups is 1. The van der Waals surface area contributed by atoms with Crippen LogP contribution in [0.5, 0.6) is 0 Å². The number of hydrogen-bond donors (Lipinski definition) is 1. The predicted molar refractivity (Wildman–Crippen MR) is 107 cm³/mol. The third-order valence-corrected chi connectivity index (χ3v) is 5.66. The van der Waals surface area contributed by atoms with Gasteiger partial charge < -0.3 is 5.32 Å². The van der Waals surface area contributed by atoms with Crippen molar-refractivity contribution in [2.45, 2.75) is 32.4 Å². The molecule has 1 aliphatic heterocycles. The minimum Gasteiger partial charge on any atom is -0.349 e. The highest BCUT2D eigenvalue weighted by Crippen LogP contribution is 2.25. The lowest BCUT2D eigenvalue weighted by molar-refractivity contribution is -0.127. The van der Waals surface area contributed by atoms with Gasteiger partial charge >= 0.3 is 0 Å². The van der Waals surface area contributed by atoms with Gasteiger partial charge in [0.05, 0.1) is 22.0 Å². The molecule has 0 aromatic heterocycles. The van der Waals surface area contributed by atoms with Gasteiger partial charge in [-0.15, -0.1) is 0 Å². The van der Waals surface area contributed by atoms with Gasteiger partial charge in [-0.1, -0.05) is 59.6 Å². The highest BCUT2D eigenvalue weighted by Gasteiger charge is 2.26. The maximum atomic E-state index is 12.7. The van der Waals surface area contributed by atoms with Gasteiger partial charge in [-0.3, -0.25) is 9.69 Å². The first-order valence-corrected chi connectivity index (χ1v) is 9.80. The zero-order valence-corrected chi connectivity index (χ0v) is 16.4. The van der Waals surface area contributed by atoms with E-state index < -0.39 is 0 Å². The van der Waals surface area contributed by atoms with Gasteiger partial charge in [0.15, 0.2) is 0 Å². The van der Waals surface area contributed by atoms with Crippen molar-refractivity contribution in [1.29, 1.82) is 0 Å². The number of nitrogens with one attached hydrogen (secondary N) is 1. The van der Waals surface area contributed by atoms with Crippen molar-refractivity contribution < 1.29 is 4.79 Å². The van der Waals surface area contributed by atoms with Crippen molar-refractivity contribution in [2.75, 3.05) is 13.1 Å². The van der Waals surface area contributed by atoms with E-state index in [4.69, 9.17) is 23.2 Å². The van der Waals surface area contributed by atoms with Crippen LogP contribution in [0.3, 0.4) is 0 Å². The van der Waals surface area contributed by atoms with Crippen LogP contribution in [-0.4, -0.2) is 23.9 Å². The van der Waals surface area contributed by atoms with E-state index in [1.54, 1.807) is 0 Å². The molecule has 0 bridgehead atoms. The normalized spacial score (nSPS) is 19.1. The van der Waals surface area contributed by atoms with Crippen LogP contribution in [0.4, 0.5) is 0 Å². The molecule has 1 N–H and O–H groups in total. The Morgan fingerprint density at radius 2 is 1.96 bits per heavy atom. The predicted octanol–water partition coefficient (Wildman–Crippen LogP) is 5.08. The first-order chi connectivity index (χ1) is 12.5. The molecule has 3 nitrogen and oxygen atoms in total. The van der Waals surface area contributed by atoms with E-state index in [2.05, 4.69) is 10.2 Å². The van der Waals surface area contributed by atoms with Crippen molar-refractivity contribution >= 4 is 29.1 Å². The number of rotatable bonds is 5. The maximum Gasteiger partial charge on any atom is 0.224 e. The summed E-state index contributed by atoms with van der Waals surface area (Å²) in [6, 6.07) is 15.8. The average Bonchev–Trinajstić information content (AvgIpc) is 2.65. The Morgan fingerprint density at radius 3 is 2.69 bits per heavy atom. The van der Waals surface area contributed by atoms with Gasteiger partial charge in [0.25, 0.3) is 0 Å². The van der Waals surface area contributed by atoms with Crippen LogP contribution in [0.15, 0.2) is 48.5 Å². The molecule has 2 atom stereocenters. The van der Waals surface area contributed by atoms with E-state index >= 15 is 0 Å². The standard InChI is InChI=1S/C21H24Cl2N2O/c1-15(17-6-3-2-4-7-17)24-21(26)18-8-5-11-25(14-18)13-16-9-10-19(22)20(23)12-16/h2-4,6-7,9-10,12,15,18H,5,8,11,13-14H2,1H3,(H,24,26). The monoisotopic (exact) mass is 390 g/mol. The van der Waals surface area contributed by atoms with Crippen molar-refractivity contribution in [3.05, 3.63) is 69.7 Å². The summed E-state index contributed by atoms with van der Waals surface area (Å²) in [5.74, 6) is 0.165. The summed E-state index contributed by atoms with van der Waals surface area (Å²) in [5, 5.41) is 4.31. The second-order valence-corrected chi connectivity index (χ2v) is 7.78. The Labute approximate surface area is 165 Å². The van der Waals surface area contributed by atoms with Crippen LogP contribution >= 0.6 is 23.2 Å². The first-order valence-electron chi connectivity index (χ1n) is 9.04. The molecular formula is C21H24Cl2N2O. The number of piperidine rings is 1. The quantitative estimate of drug-likeness (QED) is 0.771. The van der Waals surface area contributed by atoms with Crippen molar-refractivity contribution in [2.24, 2.45) is 5.92 Å². The zero-order chi connectivity index (χ0) is 18.5. The molecule has 2 unspecified atom stereocenters. The molecule has 1 aliphatic rings. The molecule has 0 spiro atoms. The van der Waals surface area contributed by atoms with E-state index in [1.165, 1.54) is 0 Å². The third kappa shape index (κ3) is 5.00. The van der Waals surface area contributed by atoms with Crippen LogP contribution < -0.4 is 5.32 Å². The highest BCUT2D eigenvalue weighted by molar-refractivity contribution is 6.42. The second-order valence-electron chi connectivity index (χ2n) is 6.96. The largest absolute Gasteiger partial charge is 0.349 e. The molecule has 1 saturated heterocycles. The molecule has 26 heavy (non-hydrogen) atoms. The average molecular weight is 391 g/mol. The van der Waals surface area contributed by atoms with E-state index in [9.17, 15) is 4.79 Å². The van der Waals surface area contributed by atoms with Gasteiger partial charge in [0.1, 0.15) is 0 Å². The molecule has 1 heterocycles. The summed E-state index contributed by atoms with van der Waals surface area (Å²) in [6.07, 6.45) is 1.96. The molecule has 0 saturated carbocycles. The second kappa shape index (κ2) is 8.90. The number of benzene rings is 2. The van der Waals surface area contributed by atoms with Crippen LogP contribution in [0.25, 0.3) is 0 Å². The Hall–Kier alpha value is -1.55. The smallest absolute Gasteiger partial charge is 0.224 e. The number of hydrogen-bond acceptors (Lipinski definition) is 2. The lowest BCUT2D eigenvalue weighted by Crippen LogP contribution is -2.43. The molecule has 138 valence electrons. The summed E-state index contributed by atoms with van der Waals surface area (Å²) in [5.41, 5.74) is 2.25. The van der Waals surface area contributed by atoms with Crippen LogP contribution in [-0.2, 0) is 11.3 Å². The van der Waals surface area contributed by atoms with Crippen LogP contribution in [0.2, 0.25) is 10.0 Å². The summed E-state index contributed by atoms with van der Waals surface area (Å²) in [6.45, 7) is 4.59. The lowest BCUT2D eigenvalue weighted by Gasteiger charge is -2.32. The molecule has 1 fully saturated rings. The first kappa shape index (κ1) is 19.2. The third-order valence-electron chi connectivity index (χ3n) is 4.92. The molecule has 2 aromatic rings. The molecule has 1 amide bonds. The van der Waals surface area contributed by atoms with Gasteiger partial charge in [0, 0.05) is 13.1 Å². The van der Waals surface area contributed by atoms with E-state index in [0.29, 0.717) is 10.0 Å². The van der Waals surface area contributed by atoms with Gasteiger partial charge in [-0.25, -0.2) is 0 Å². The Balaban J connectivity index is 1.57. The van der Waals surface area contributed by atoms with Gasteiger partial charge in [-0.05, 0) is 49.6 Å². The fourth-order valence-electron chi connectivity index (χ4n) is 3.47. The zero-order valence-electron chi connectivity index (χ0n) is 14.9. The number of nitrogens with zero attached hydrogens (tertiary/aromatic N) is 1. The summed E-state index contributed by atoms with van der Waals surface area (Å²) >= 11 is 12.1. The fraction of sp³-hybridized carbons (Fsp3) is 0.381. The summed E-state index contributed by atoms with van der Waals surface area (Å²) < 4.78 is 0. The van der Waals surface area contributed by atoms with E-state index in [1.807, 2.05) is 55.5 Å². The minimum absolute atomic E-state index is 0.0224. The minimum atomic E-state index is 0.0224. The SMILES string of the molecule is CC(NC(=O)C1CCCN(Cc2ccc(Cl)c(Cl)c2)C1)c1ccccc1. The Kier molecular flexibility index (Phi) is 6.58. The van der Waals surface area contributed by atoms with Crippen molar-refractivity contribution in [1.82, 2.24) is 10.2 Å². The molecule has 2 aromatic carbocycles. The molecular weight excluding hydrogens is 367 g/mol. The van der Waals surface area contributed by atoms with E-state index in [0.717, 1.165) is 43.6 Å². The maximum absolute atomic E-state index is 12.7. The lowest BCUT2D eigenvalue weighted by atomic mass is 9.96. The van der Waals surface area contributed by atoms with Gasteiger partial charge in [-0.2, -0.15) is 0 Å². The van der Waals surface area contributed by atoms with Crippen molar-refractivity contribution in [3.63, 3.8) is 0 Å². The number of carbonyl (C=O) groups excluding carboxylic acids is 1. The Morgan fingerprint density at radius 1 is 1.19 bits per heavy atom. The number of likely N-dealkylation sites (tertiary alicyclic amines) is 1. The molecule has 0 aliphatic carbocycles. The fourth-order valence-corrected chi connectivity index (χ4v) is 3.79. The number of amides is 1. The molecule has 0 radical (unpaired) electrons. The summed E-state index contributed by atoms with van der Waals surface area (Å²) in [4.78, 5) is 15.0. The topological polar surface area (TPSA) is 32.3 Å². The van der Waals surface area contributed by atoms with Crippen LogP contribution in [0, 0.1) is 5.92 Å². The molecule has 5 heteroatoms. The Bertz CT molecular complexity index is 751. The van der Waals surface area contributed by atoms with Gasteiger partial charge in [0.2, 0.25) is 5.91 Å². The van der Waals surface area contributed by atoms with Crippen LogP contribution in [0.1, 0.15) is 36.9 Å².